The molecule has 0 atom stereocenters. The average Bonchev–Trinajstić information content (AvgIpc) is 2.40. The van der Waals surface area contributed by atoms with E-state index in [9.17, 15) is 5.11 Å². The standard InChI is InChI=1S/C15H12ClNO2/c1-2-19-12-4-5-13(14(16)8-12)10-3-6-15(18)11(7-10)9-17/h3-8,18H,2H2,1H3. The first kappa shape index (κ1) is 13.3. The maximum absolute atomic E-state index is 9.49. The van der Waals surface area contributed by atoms with Crippen LogP contribution in [-0.4, -0.2) is 11.7 Å². The van der Waals surface area contributed by atoms with E-state index >= 15 is 0 Å². The van der Waals surface area contributed by atoms with Crippen molar-refractivity contribution in [2.75, 3.05) is 6.61 Å². The van der Waals surface area contributed by atoms with Crippen molar-refractivity contribution in [1.82, 2.24) is 0 Å². The molecule has 0 aliphatic rings. The number of hydrogen-bond donors (Lipinski definition) is 1. The third-order valence-corrected chi connectivity index (χ3v) is 2.99. The molecule has 2 aromatic rings. The number of hydrogen-bond acceptors (Lipinski definition) is 3. The van der Waals surface area contributed by atoms with Crippen molar-refractivity contribution in [2.45, 2.75) is 6.92 Å². The lowest BCUT2D eigenvalue weighted by atomic mass is 10.0. The van der Waals surface area contributed by atoms with Crippen LogP contribution in [0.4, 0.5) is 0 Å². The van der Waals surface area contributed by atoms with Gasteiger partial charge in [-0.3, -0.25) is 0 Å². The summed E-state index contributed by atoms with van der Waals surface area (Å²) in [5, 5.41) is 18.9. The highest BCUT2D eigenvalue weighted by Crippen LogP contribution is 2.33. The molecule has 0 aromatic heterocycles. The zero-order valence-corrected chi connectivity index (χ0v) is 11.1. The molecule has 2 rings (SSSR count). The molecule has 0 fully saturated rings. The van der Waals surface area contributed by atoms with E-state index in [1.54, 1.807) is 18.2 Å². The molecule has 0 saturated carbocycles. The van der Waals surface area contributed by atoms with Gasteiger partial charge in [-0.05, 0) is 42.8 Å². The molecule has 0 radical (unpaired) electrons. The Morgan fingerprint density at radius 3 is 2.68 bits per heavy atom. The number of nitrogens with zero attached hydrogens (tertiary/aromatic N) is 1. The number of aromatic hydroxyl groups is 1. The fourth-order valence-corrected chi connectivity index (χ4v) is 2.06. The first-order valence-electron chi connectivity index (χ1n) is 5.81. The van der Waals surface area contributed by atoms with Crippen LogP contribution < -0.4 is 4.74 Å². The fraction of sp³-hybridized carbons (Fsp3) is 0.133. The molecule has 0 aliphatic heterocycles. The summed E-state index contributed by atoms with van der Waals surface area (Å²) in [5.74, 6) is 0.670. The molecule has 96 valence electrons. The largest absolute Gasteiger partial charge is 0.507 e. The zero-order valence-electron chi connectivity index (χ0n) is 10.4. The minimum Gasteiger partial charge on any atom is -0.507 e. The van der Waals surface area contributed by atoms with Crippen LogP contribution >= 0.6 is 11.6 Å². The first-order valence-corrected chi connectivity index (χ1v) is 6.19. The van der Waals surface area contributed by atoms with E-state index in [0.29, 0.717) is 17.4 Å². The van der Waals surface area contributed by atoms with E-state index in [4.69, 9.17) is 21.6 Å². The molecule has 0 spiro atoms. The van der Waals surface area contributed by atoms with Crippen molar-refractivity contribution in [3.05, 3.63) is 47.0 Å². The number of benzene rings is 2. The molecule has 19 heavy (non-hydrogen) atoms. The normalized spacial score (nSPS) is 9.95. The van der Waals surface area contributed by atoms with E-state index in [1.807, 2.05) is 25.1 Å². The monoisotopic (exact) mass is 273 g/mol. The lowest BCUT2D eigenvalue weighted by Crippen LogP contribution is -1.91. The fourth-order valence-electron chi connectivity index (χ4n) is 1.78. The molecule has 4 heteroatoms. The van der Waals surface area contributed by atoms with Crippen LogP contribution in [0.5, 0.6) is 11.5 Å². The number of phenols is 1. The molecular formula is C15H12ClNO2. The summed E-state index contributed by atoms with van der Waals surface area (Å²) in [6.07, 6.45) is 0. The highest BCUT2D eigenvalue weighted by Gasteiger charge is 2.08. The van der Waals surface area contributed by atoms with Gasteiger partial charge in [-0.15, -0.1) is 0 Å². The quantitative estimate of drug-likeness (QED) is 0.920. The highest BCUT2D eigenvalue weighted by atomic mass is 35.5. The van der Waals surface area contributed by atoms with Gasteiger partial charge in [0.15, 0.2) is 0 Å². The van der Waals surface area contributed by atoms with Crippen LogP contribution in [0.2, 0.25) is 5.02 Å². The number of nitriles is 1. The number of rotatable bonds is 3. The van der Waals surface area contributed by atoms with Gasteiger partial charge in [-0.1, -0.05) is 17.7 Å². The third kappa shape index (κ3) is 2.81. The first-order chi connectivity index (χ1) is 9.15. The van der Waals surface area contributed by atoms with Crippen LogP contribution in [0.15, 0.2) is 36.4 Å². The molecule has 0 amide bonds. The highest BCUT2D eigenvalue weighted by molar-refractivity contribution is 6.33. The third-order valence-electron chi connectivity index (χ3n) is 2.68. The Balaban J connectivity index is 2.45. The van der Waals surface area contributed by atoms with Gasteiger partial charge >= 0.3 is 0 Å². The van der Waals surface area contributed by atoms with Gasteiger partial charge in [0.1, 0.15) is 17.6 Å². The SMILES string of the molecule is CCOc1ccc(-c2ccc(O)c(C#N)c2)c(Cl)c1. The second-order valence-corrected chi connectivity index (χ2v) is 4.33. The van der Waals surface area contributed by atoms with Crippen LogP contribution in [-0.2, 0) is 0 Å². The Bertz CT molecular complexity index is 647. The topological polar surface area (TPSA) is 53.2 Å². The van der Waals surface area contributed by atoms with E-state index in [-0.39, 0.29) is 11.3 Å². The lowest BCUT2D eigenvalue weighted by Gasteiger charge is -2.08. The van der Waals surface area contributed by atoms with Crippen LogP contribution in [0.1, 0.15) is 12.5 Å². The number of halogens is 1. The van der Waals surface area contributed by atoms with Crippen molar-refractivity contribution in [3.63, 3.8) is 0 Å². The molecule has 2 aromatic carbocycles. The Kier molecular flexibility index (Phi) is 3.94. The van der Waals surface area contributed by atoms with Gasteiger partial charge in [-0.25, -0.2) is 0 Å². The van der Waals surface area contributed by atoms with Crippen molar-refractivity contribution < 1.29 is 9.84 Å². The maximum atomic E-state index is 9.49. The second-order valence-electron chi connectivity index (χ2n) is 3.92. The average molecular weight is 274 g/mol. The van der Waals surface area contributed by atoms with E-state index < -0.39 is 0 Å². The van der Waals surface area contributed by atoms with Crippen molar-refractivity contribution >= 4 is 11.6 Å². The molecule has 3 nitrogen and oxygen atoms in total. The number of phenolic OH excluding ortho intramolecular Hbond substituents is 1. The summed E-state index contributed by atoms with van der Waals surface area (Å²) in [6.45, 7) is 2.48. The zero-order chi connectivity index (χ0) is 13.8. The molecule has 0 aliphatic carbocycles. The predicted molar refractivity (Wildman–Crippen MR) is 74.4 cm³/mol. The predicted octanol–water partition coefficient (Wildman–Crippen LogP) is 3.98. The molecule has 1 N–H and O–H groups in total. The Labute approximate surface area is 116 Å². The Morgan fingerprint density at radius 1 is 1.26 bits per heavy atom. The molecule has 0 saturated heterocycles. The van der Waals surface area contributed by atoms with Crippen LogP contribution in [0.3, 0.4) is 0 Å². The minimum atomic E-state index is -0.0340. The van der Waals surface area contributed by atoms with Crippen molar-refractivity contribution in [2.24, 2.45) is 0 Å². The van der Waals surface area contributed by atoms with Crippen molar-refractivity contribution in [1.29, 1.82) is 5.26 Å². The summed E-state index contributed by atoms with van der Waals surface area (Å²) in [7, 11) is 0. The van der Waals surface area contributed by atoms with E-state index in [0.717, 1.165) is 11.1 Å². The van der Waals surface area contributed by atoms with Gasteiger partial charge in [0, 0.05) is 5.56 Å². The van der Waals surface area contributed by atoms with Gasteiger partial charge in [0.05, 0.1) is 17.2 Å². The summed E-state index contributed by atoms with van der Waals surface area (Å²) in [4.78, 5) is 0. The van der Waals surface area contributed by atoms with Gasteiger partial charge in [0.25, 0.3) is 0 Å². The van der Waals surface area contributed by atoms with E-state index in [2.05, 4.69) is 0 Å². The minimum absolute atomic E-state index is 0.0340. The van der Waals surface area contributed by atoms with Gasteiger partial charge in [0.2, 0.25) is 0 Å². The molecule has 0 heterocycles. The van der Waals surface area contributed by atoms with Gasteiger partial charge < -0.3 is 9.84 Å². The smallest absolute Gasteiger partial charge is 0.133 e. The van der Waals surface area contributed by atoms with Crippen LogP contribution in [0.25, 0.3) is 11.1 Å². The summed E-state index contributed by atoms with van der Waals surface area (Å²) < 4.78 is 5.36. The second kappa shape index (κ2) is 5.64. The molecule has 0 bridgehead atoms. The molecule has 0 unspecified atom stereocenters. The van der Waals surface area contributed by atoms with Gasteiger partial charge in [-0.2, -0.15) is 5.26 Å². The number of ether oxygens (including phenoxy) is 1. The summed E-state index contributed by atoms with van der Waals surface area (Å²) in [5.41, 5.74) is 1.80. The van der Waals surface area contributed by atoms with Crippen molar-refractivity contribution in [3.8, 4) is 28.7 Å². The molecular weight excluding hydrogens is 262 g/mol. The Morgan fingerprint density at radius 2 is 2.05 bits per heavy atom. The lowest BCUT2D eigenvalue weighted by molar-refractivity contribution is 0.340. The Hall–Kier alpha value is -2.18. The van der Waals surface area contributed by atoms with E-state index in [1.165, 1.54) is 6.07 Å². The van der Waals surface area contributed by atoms with Crippen LogP contribution in [0, 0.1) is 11.3 Å². The summed E-state index contributed by atoms with van der Waals surface area (Å²) >= 11 is 6.21. The summed E-state index contributed by atoms with van der Waals surface area (Å²) in [6, 6.07) is 12.1. The maximum Gasteiger partial charge on any atom is 0.133 e.